The minimum atomic E-state index is -0.498. The molecule has 0 spiro atoms. The van der Waals surface area contributed by atoms with Gasteiger partial charge in [-0.1, -0.05) is 23.4 Å². The van der Waals surface area contributed by atoms with Crippen molar-refractivity contribution in [3.8, 4) is 5.75 Å². The number of hydrogen-bond acceptors (Lipinski definition) is 5. The van der Waals surface area contributed by atoms with Gasteiger partial charge in [-0.3, -0.25) is 4.79 Å². The van der Waals surface area contributed by atoms with Crippen LogP contribution in [0.25, 0.3) is 0 Å². The van der Waals surface area contributed by atoms with Crippen molar-refractivity contribution in [3.05, 3.63) is 58.9 Å². The third-order valence-corrected chi connectivity index (χ3v) is 4.66. The van der Waals surface area contributed by atoms with Gasteiger partial charge in [-0.15, -0.1) is 0 Å². The molecule has 2 aromatic rings. The van der Waals surface area contributed by atoms with E-state index in [1.165, 1.54) is 13.2 Å². The number of para-hydroxylation sites is 1. The number of methoxy groups -OCH3 is 1. The van der Waals surface area contributed by atoms with Crippen molar-refractivity contribution in [2.45, 2.75) is 12.6 Å². The number of nitrogens with zero attached hydrogens (tertiary/aromatic N) is 2. The Bertz CT molecular complexity index is 897. The lowest BCUT2D eigenvalue weighted by atomic mass is 9.92. The predicted molar refractivity (Wildman–Crippen MR) is 89.9 cm³/mol. The molecule has 2 aliphatic heterocycles. The third kappa shape index (κ3) is 2.31. The van der Waals surface area contributed by atoms with Gasteiger partial charge in [-0.2, -0.15) is 0 Å². The Balaban J connectivity index is 1.84. The maximum absolute atomic E-state index is 14.1. The number of amides is 1. The molecule has 0 bridgehead atoms. The van der Waals surface area contributed by atoms with Gasteiger partial charge in [0.25, 0.3) is 5.91 Å². The highest BCUT2D eigenvalue weighted by Gasteiger charge is 2.37. The number of benzene rings is 2. The van der Waals surface area contributed by atoms with Crippen LogP contribution in [-0.4, -0.2) is 30.5 Å². The largest absolute Gasteiger partial charge is 0.494 e. The average molecular weight is 341 g/mol. The zero-order chi connectivity index (χ0) is 17.6. The van der Waals surface area contributed by atoms with Crippen molar-refractivity contribution >= 4 is 17.3 Å². The number of rotatable bonds is 2. The molecule has 4 rings (SSSR count). The third-order valence-electron chi connectivity index (χ3n) is 4.66. The molecule has 7 heteroatoms. The van der Waals surface area contributed by atoms with Gasteiger partial charge in [0.15, 0.2) is 11.6 Å². The van der Waals surface area contributed by atoms with E-state index in [9.17, 15) is 14.4 Å². The Morgan fingerprint density at radius 2 is 2.12 bits per heavy atom. The summed E-state index contributed by atoms with van der Waals surface area (Å²) in [5.41, 5.74) is 3.12. The van der Waals surface area contributed by atoms with Gasteiger partial charge in [0, 0.05) is 18.5 Å². The standard InChI is InChI=1S/C18H16FN3O3/c1-25-15-6-5-10(9-13(15)19)17-20-18(23)12-4-2-3-11-14(21-24)7-8-22(17)16(11)12/h2-6,9,17,24H,7-8H2,1H3,(H,20,23). The summed E-state index contributed by atoms with van der Waals surface area (Å²) < 4.78 is 19.1. The van der Waals surface area contributed by atoms with E-state index >= 15 is 0 Å². The second-order valence-corrected chi connectivity index (χ2v) is 5.96. The number of anilines is 1. The molecular weight excluding hydrogens is 325 g/mol. The minimum absolute atomic E-state index is 0.153. The van der Waals surface area contributed by atoms with Gasteiger partial charge in [-0.05, 0) is 23.8 Å². The highest BCUT2D eigenvalue weighted by Crippen LogP contribution is 2.39. The van der Waals surface area contributed by atoms with Crippen LogP contribution in [0.15, 0.2) is 41.6 Å². The molecule has 6 nitrogen and oxygen atoms in total. The number of carbonyl (C=O) groups excluding carboxylic acids is 1. The smallest absolute Gasteiger partial charge is 0.255 e. The number of halogens is 1. The summed E-state index contributed by atoms with van der Waals surface area (Å²) in [6.45, 7) is 0.544. The highest BCUT2D eigenvalue weighted by molar-refractivity contribution is 6.13. The monoisotopic (exact) mass is 341 g/mol. The van der Waals surface area contributed by atoms with E-state index in [1.54, 1.807) is 24.3 Å². The summed E-state index contributed by atoms with van der Waals surface area (Å²) in [5, 5.41) is 15.5. The van der Waals surface area contributed by atoms with E-state index in [-0.39, 0.29) is 11.7 Å². The average Bonchev–Trinajstić information content (AvgIpc) is 2.64. The molecule has 25 heavy (non-hydrogen) atoms. The maximum Gasteiger partial charge on any atom is 0.255 e. The van der Waals surface area contributed by atoms with Crippen molar-refractivity contribution in [2.75, 3.05) is 18.6 Å². The van der Waals surface area contributed by atoms with Gasteiger partial charge in [-0.25, -0.2) is 4.39 Å². The lowest BCUT2D eigenvalue weighted by Crippen LogP contribution is -2.49. The molecule has 1 atom stereocenters. The predicted octanol–water partition coefficient (Wildman–Crippen LogP) is 2.66. The van der Waals surface area contributed by atoms with Crippen molar-refractivity contribution in [2.24, 2.45) is 5.16 Å². The van der Waals surface area contributed by atoms with Crippen LogP contribution in [0.5, 0.6) is 5.75 Å². The Morgan fingerprint density at radius 1 is 1.32 bits per heavy atom. The zero-order valence-electron chi connectivity index (χ0n) is 13.5. The van der Waals surface area contributed by atoms with E-state index < -0.39 is 12.0 Å². The van der Waals surface area contributed by atoms with Crippen LogP contribution in [0, 0.1) is 5.82 Å². The lowest BCUT2D eigenvalue weighted by Gasteiger charge is -2.42. The van der Waals surface area contributed by atoms with Gasteiger partial charge >= 0.3 is 0 Å². The molecule has 0 saturated carbocycles. The Morgan fingerprint density at radius 3 is 2.84 bits per heavy atom. The number of nitrogens with one attached hydrogen (secondary N) is 1. The number of carbonyl (C=O) groups is 1. The fraction of sp³-hybridized carbons (Fsp3) is 0.222. The summed E-state index contributed by atoms with van der Waals surface area (Å²) in [6.07, 6.45) is 0.0274. The Hall–Kier alpha value is -3.09. The number of ether oxygens (including phenoxy) is 1. The molecule has 0 fully saturated rings. The molecule has 2 N–H and O–H groups in total. The first-order chi connectivity index (χ1) is 12.1. The van der Waals surface area contributed by atoms with Crippen LogP contribution < -0.4 is 15.0 Å². The summed E-state index contributed by atoms with van der Waals surface area (Å²) in [6, 6.07) is 9.96. The Labute approximate surface area is 143 Å². The van der Waals surface area contributed by atoms with Gasteiger partial charge in [0.2, 0.25) is 0 Å². The van der Waals surface area contributed by atoms with E-state index in [4.69, 9.17) is 4.74 Å². The molecule has 2 aliphatic rings. The van der Waals surface area contributed by atoms with Crippen LogP contribution in [0.2, 0.25) is 0 Å². The molecular formula is C18H16FN3O3. The van der Waals surface area contributed by atoms with Crippen LogP contribution in [0.4, 0.5) is 10.1 Å². The van der Waals surface area contributed by atoms with Gasteiger partial charge < -0.3 is 20.2 Å². The summed E-state index contributed by atoms with van der Waals surface area (Å²) in [4.78, 5) is 14.6. The molecule has 2 aromatic carbocycles. The molecule has 1 amide bonds. The van der Waals surface area contributed by atoms with Crippen molar-refractivity contribution < 1.29 is 19.1 Å². The van der Waals surface area contributed by atoms with Gasteiger partial charge in [0.1, 0.15) is 6.17 Å². The zero-order valence-corrected chi connectivity index (χ0v) is 13.5. The first-order valence-electron chi connectivity index (χ1n) is 7.89. The topological polar surface area (TPSA) is 74.2 Å². The summed E-state index contributed by atoms with van der Waals surface area (Å²) in [5.74, 6) is -0.572. The van der Waals surface area contributed by atoms with E-state index in [2.05, 4.69) is 10.5 Å². The SMILES string of the molecule is COc1ccc(C2NC(=O)c3cccc4c3N2CCC4=NO)cc1F. The molecule has 0 aromatic heterocycles. The molecule has 2 heterocycles. The van der Waals surface area contributed by atoms with Crippen molar-refractivity contribution in [1.29, 1.82) is 0 Å². The summed E-state index contributed by atoms with van der Waals surface area (Å²) >= 11 is 0. The normalized spacial score (nSPS) is 20.2. The first-order valence-corrected chi connectivity index (χ1v) is 7.89. The quantitative estimate of drug-likeness (QED) is 0.651. The molecule has 0 radical (unpaired) electrons. The second-order valence-electron chi connectivity index (χ2n) is 5.96. The van der Waals surface area contributed by atoms with Crippen LogP contribution in [0.3, 0.4) is 0 Å². The van der Waals surface area contributed by atoms with E-state index in [1.807, 2.05) is 11.0 Å². The van der Waals surface area contributed by atoms with Crippen molar-refractivity contribution in [1.82, 2.24) is 5.32 Å². The highest BCUT2D eigenvalue weighted by atomic mass is 19.1. The van der Waals surface area contributed by atoms with Crippen LogP contribution in [-0.2, 0) is 0 Å². The fourth-order valence-electron chi connectivity index (χ4n) is 3.50. The minimum Gasteiger partial charge on any atom is -0.494 e. The summed E-state index contributed by atoms with van der Waals surface area (Å²) in [7, 11) is 1.41. The molecule has 1 unspecified atom stereocenters. The van der Waals surface area contributed by atoms with E-state index in [0.29, 0.717) is 35.5 Å². The van der Waals surface area contributed by atoms with Crippen molar-refractivity contribution in [3.63, 3.8) is 0 Å². The molecule has 0 saturated heterocycles. The molecule has 0 aliphatic carbocycles. The van der Waals surface area contributed by atoms with Gasteiger partial charge in [0.05, 0.1) is 24.1 Å². The second kappa shape index (κ2) is 5.77. The van der Waals surface area contributed by atoms with E-state index in [0.717, 1.165) is 5.56 Å². The Kier molecular flexibility index (Phi) is 3.56. The number of oxime groups is 1. The lowest BCUT2D eigenvalue weighted by molar-refractivity contribution is 0.0926. The van der Waals surface area contributed by atoms with Crippen LogP contribution >= 0.6 is 0 Å². The number of hydrogen-bond donors (Lipinski definition) is 2. The van der Waals surface area contributed by atoms with Crippen LogP contribution in [0.1, 0.15) is 34.1 Å². The molecule has 128 valence electrons. The maximum atomic E-state index is 14.1. The first kappa shape index (κ1) is 15.4. The fourth-order valence-corrected chi connectivity index (χ4v) is 3.50.